The molecule has 2 rings (SSSR count). The molecule has 0 spiro atoms. The van der Waals surface area contributed by atoms with Gasteiger partial charge in [0.25, 0.3) is 0 Å². The Hall–Kier alpha value is -1.63. The molecule has 2 amide bonds. The van der Waals surface area contributed by atoms with E-state index in [1.54, 1.807) is 17.0 Å². The van der Waals surface area contributed by atoms with Gasteiger partial charge in [-0.05, 0) is 30.5 Å². The number of aliphatic hydroxyl groups is 1. The van der Waals surface area contributed by atoms with Crippen molar-refractivity contribution < 1.29 is 14.7 Å². The zero-order chi connectivity index (χ0) is 18.8. The van der Waals surface area contributed by atoms with Gasteiger partial charge >= 0.3 is 0 Å². The van der Waals surface area contributed by atoms with Crippen molar-refractivity contribution in [1.82, 2.24) is 4.90 Å². The average molecular weight is 368 g/mol. The molecule has 25 heavy (non-hydrogen) atoms. The Kier molecular flexibility index (Phi) is 5.76. The van der Waals surface area contributed by atoms with Crippen molar-refractivity contribution in [3.8, 4) is 0 Å². The minimum atomic E-state index is -1.06. The number of carbonyl (C=O) groups excluding carboxylic acids is 2. The summed E-state index contributed by atoms with van der Waals surface area (Å²) in [5, 5.41) is 11.9. The van der Waals surface area contributed by atoms with Crippen molar-refractivity contribution in [3.05, 3.63) is 34.9 Å². The second-order valence-corrected chi connectivity index (χ2v) is 7.81. The highest BCUT2D eigenvalue weighted by Gasteiger charge is 2.49. The van der Waals surface area contributed by atoms with Crippen LogP contribution in [0.5, 0.6) is 0 Å². The standard InChI is InChI=1S/C18H26ClN3O3/c1-17(2)11-22(16(24)14(20)7-8-15(21)23)10-9-18(17,25)12-3-5-13(19)6-4-12/h3-6,14,25H,7-11,20H2,1-2H3,(H2,21,23)/t14-,18+/m1/s1. The molecule has 1 heterocycles. The Balaban J connectivity index is 2.12. The maximum atomic E-state index is 12.5. The summed E-state index contributed by atoms with van der Waals surface area (Å²) in [6.07, 6.45) is 0.710. The number of nitrogens with zero attached hydrogens (tertiary/aromatic N) is 1. The SMILES string of the molecule is CC1(C)CN(C(=O)[C@H](N)CCC(N)=O)CC[C@]1(O)c1ccc(Cl)cc1. The summed E-state index contributed by atoms with van der Waals surface area (Å²) in [4.78, 5) is 25.1. The lowest BCUT2D eigenvalue weighted by molar-refractivity contribution is -0.154. The maximum Gasteiger partial charge on any atom is 0.239 e. The van der Waals surface area contributed by atoms with Crippen molar-refractivity contribution in [1.29, 1.82) is 0 Å². The van der Waals surface area contributed by atoms with Gasteiger partial charge in [-0.1, -0.05) is 37.6 Å². The molecule has 0 saturated carbocycles. The topological polar surface area (TPSA) is 110 Å². The third kappa shape index (κ3) is 4.14. The van der Waals surface area contributed by atoms with Crippen molar-refractivity contribution in [2.24, 2.45) is 16.9 Å². The fourth-order valence-electron chi connectivity index (χ4n) is 3.43. The molecular weight excluding hydrogens is 342 g/mol. The second kappa shape index (κ2) is 7.32. The van der Waals surface area contributed by atoms with Crippen molar-refractivity contribution in [2.75, 3.05) is 13.1 Å². The van der Waals surface area contributed by atoms with E-state index in [-0.39, 0.29) is 18.7 Å². The maximum absolute atomic E-state index is 12.5. The van der Waals surface area contributed by atoms with Crippen LogP contribution < -0.4 is 11.5 Å². The van der Waals surface area contributed by atoms with E-state index >= 15 is 0 Å². The third-order valence-corrected chi connectivity index (χ3v) is 5.35. The van der Waals surface area contributed by atoms with Crippen LogP contribution in [0.25, 0.3) is 0 Å². The van der Waals surface area contributed by atoms with Crippen LogP contribution in [0.3, 0.4) is 0 Å². The van der Waals surface area contributed by atoms with Crippen LogP contribution in [0.15, 0.2) is 24.3 Å². The van der Waals surface area contributed by atoms with E-state index < -0.39 is 23.0 Å². The predicted molar refractivity (Wildman–Crippen MR) is 96.7 cm³/mol. The lowest BCUT2D eigenvalue weighted by atomic mass is 9.66. The molecule has 1 aromatic rings. The number of primary amides is 1. The molecule has 1 fully saturated rings. The zero-order valence-electron chi connectivity index (χ0n) is 14.7. The van der Waals surface area contributed by atoms with E-state index in [1.165, 1.54) is 0 Å². The number of benzene rings is 1. The highest BCUT2D eigenvalue weighted by molar-refractivity contribution is 6.30. The zero-order valence-corrected chi connectivity index (χ0v) is 15.4. The molecule has 2 atom stereocenters. The molecule has 5 N–H and O–H groups in total. The van der Waals surface area contributed by atoms with Gasteiger partial charge in [0.15, 0.2) is 0 Å². The molecule has 0 aromatic heterocycles. The molecule has 0 unspecified atom stereocenters. The minimum Gasteiger partial charge on any atom is -0.384 e. The first kappa shape index (κ1) is 19.7. The Morgan fingerprint density at radius 1 is 1.32 bits per heavy atom. The fraction of sp³-hybridized carbons (Fsp3) is 0.556. The molecule has 138 valence electrons. The van der Waals surface area contributed by atoms with Gasteiger partial charge in [-0.3, -0.25) is 9.59 Å². The van der Waals surface area contributed by atoms with Crippen molar-refractivity contribution in [3.63, 3.8) is 0 Å². The van der Waals surface area contributed by atoms with Gasteiger partial charge in [0.1, 0.15) is 0 Å². The van der Waals surface area contributed by atoms with E-state index in [9.17, 15) is 14.7 Å². The molecule has 0 bridgehead atoms. The van der Waals surface area contributed by atoms with Gasteiger partial charge in [-0.25, -0.2) is 0 Å². The van der Waals surface area contributed by atoms with Gasteiger partial charge in [0.05, 0.1) is 11.6 Å². The second-order valence-electron chi connectivity index (χ2n) is 7.37. The van der Waals surface area contributed by atoms with Gasteiger partial charge in [0.2, 0.25) is 11.8 Å². The first-order chi connectivity index (χ1) is 11.6. The monoisotopic (exact) mass is 367 g/mol. The van der Waals surface area contributed by atoms with Crippen LogP contribution in [-0.2, 0) is 15.2 Å². The number of hydrogen-bond acceptors (Lipinski definition) is 4. The van der Waals surface area contributed by atoms with Crippen molar-refractivity contribution in [2.45, 2.75) is 44.8 Å². The van der Waals surface area contributed by atoms with Gasteiger partial charge in [0, 0.05) is 29.9 Å². The molecule has 7 heteroatoms. The molecule has 0 radical (unpaired) electrons. The molecule has 1 saturated heterocycles. The van der Waals surface area contributed by atoms with E-state index in [0.717, 1.165) is 5.56 Å². The number of halogens is 1. The first-order valence-electron chi connectivity index (χ1n) is 8.38. The number of amides is 2. The van der Waals surface area contributed by atoms with Crippen LogP contribution in [0.2, 0.25) is 5.02 Å². The van der Waals surface area contributed by atoms with Crippen LogP contribution in [0.1, 0.15) is 38.7 Å². The van der Waals surface area contributed by atoms with E-state index in [2.05, 4.69) is 0 Å². The van der Waals surface area contributed by atoms with Gasteiger partial charge < -0.3 is 21.5 Å². The summed E-state index contributed by atoms with van der Waals surface area (Å²) in [5.74, 6) is -0.688. The lowest BCUT2D eigenvalue weighted by Crippen LogP contribution is -2.59. The van der Waals surface area contributed by atoms with Crippen LogP contribution in [0, 0.1) is 5.41 Å². The van der Waals surface area contributed by atoms with E-state index in [4.69, 9.17) is 23.1 Å². The first-order valence-corrected chi connectivity index (χ1v) is 8.76. The number of rotatable bonds is 5. The Labute approximate surface area is 153 Å². The summed E-state index contributed by atoms with van der Waals surface area (Å²) >= 11 is 5.94. The average Bonchev–Trinajstić information content (AvgIpc) is 2.55. The Morgan fingerprint density at radius 3 is 2.44 bits per heavy atom. The highest BCUT2D eigenvalue weighted by Crippen LogP contribution is 2.46. The van der Waals surface area contributed by atoms with Gasteiger partial charge in [-0.15, -0.1) is 0 Å². The smallest absolute Gasteiger partial charge is 0.239 e. The summed E-state index contributed by atoms with van der Waals surface area (Å²) in [7, 11) is 0. The molecule has 1 aliphatic rings. The largest absolute Gasteiger partial charge is 0.384 e. The van der Waals surface area contributed by atoms with Crippen LogP contribution >= 0.6 is 11.6 Å². The number of nitrogens with two attached hydrogens (primary N) is 2. The molecule has 1 aliphatic heterocycles. The highest BCUT2D eigenvalue weighted by atomic mass is 35.5. The van der Waals surface area contributed by atoms with E-state index in [0.29, 0.717) is 24.5 Å². The lowest BCUT2D eigenvalue weighted by Gasteiger charge is -2.51. The minimum absolute atomic E-state index is 0.0822. The van der Waals surface area contributed by atoms with Crippen LogP contribution in [0.4, 0.5) is 0 Å². The molecule has 1 aromatic carbocycles. The summed E-state index contributed by atoms with van der Waals surface area (Å²) < 4.78 is 0. The third-order valence-electron chi connectivity index (χ3n) is 5.10. The van der Waals surface area contributed by atoms with Crippen molar-refractivity contribution >= 4 is 23.4 Å². The summed E-state index contributed by atoms with van der Waals surface area (Å²) in [6, 6.07) is 6.38. The fourth-order valence-corrected chi connectivity index (χ4v) is 3.55. The number of carbonyl (C=O) groups is 2. The number of hydrogen-bond donors (Lipinski definition) is 3. The predicted octanol–water partition coefficient (Wildman–Crippen LogP) is 1.38. The number of likely N-dealkylation sites (tertiary alicyclic amines) is 1. The van der Waals surface area contributed by atoms with Crippen LogP contribution in [-0.4, -0.2) is 41.0 Å². The molecule has 6 nitrogen and oxygen atoms in total. The Bertz CT molecular complexity index is 647. The summed E-state index contributed by atoms with van der Waals surface area (Å²) in [5.41, 5.74) is 10.2. The number of piperidine rings is 1. The van der Waals surface area contributed by atoms with Gasteiger partial charge in [-0.2, -0.15) is 0 Å². The summed E-state index contributed by atoms with van der Waals surface area (Å²) in [6.45, 7) is 4.62. The normalized spacial score (nSPS) is 24.0. The Morgan fingerprint density at radius 2 is 1.92 bits per heavy atom. The molecular formula is C18H26ClN3O3. The molecule has 0 aliphatic carbocycles. The van der Waals surface area contributed by atoms with E-state index in [1.807, 2.05) is 26.0 Å². The quantitative estimate of drug-likeness (QED) is 0.730.